The summed E-state index contributed by atoms with van der Waals surface area (Å²) in [6.07, 6.45) is 4.50. The average Bonchev–Trinajstić information content (AvgIpc) is 3.33. The van der Waals surface area contributed by atoms with Gasteiger partial charge in [0.25, 0.3) is 5.91 Å². The summed E-state index contributed by atoms with van der Waals surface area (Å²) in [5.74, 6) is -0.167. The van der Waals surface area contributed by atoms with Crippen molar-refractivity contribution in [3.05, 3.63) is 34.5 Å². The fourth-order valence-corrected chi connectivity index (χ4v) is 8.91. The smallest absolute Gasteiger partial charge is 0.252 e. The number of carbonyl (C=O) groups excluding carboxylic acids is 2. The summed E-state index contributed by atoms with van der Waals surface area (Å²) in [5.41, 5.74) is -3.98. The highest BCUT2D eigenvalue weighted by atomic mass is 16.5. The first-order valence-corrected chi connectivity index (χ1v) is 12.9. The SMILES string of the molecule is CO[C@@H]1[C@@]23NC(=O)[C@]4(CCCN4C2=O)C[C@@H]3C(C)(C)C2[NH+]([O-])c3c(ccc4c3C=CC(C)(C)O4)[C@]21O. The lowest BCUT2D eigenvalue weighted by Crippen LogP contribution is -3.11. The van der Waals surface area contributed by atoms with E-state index in [-0.39, 0.29) is 22.8 Å². The van der Waals surface area contributed by atoms with E-state index in [1.54, 1.807) is 17.0 Å². The van der Waals surface area contributed by atoms with Crippen LogP contribution in [-0.2, 0) is 19.9 Å². The Hall–Kier alpha value is -2.46. The number of nitrogens with zero attached hydrogens (tertiary/aromatic N) is 1. The van der Waals surface area contributed by atoms with Crippen molar-refractivity contribution < 1.29 is 29.2 Å². The molecule has 2 spiro atoms. The normalized spacial score (nSPS) is 44.2. The molecule has 6 aliphatic heterocycles. The van der Waals surface area contributed by atoms with Gasteiger partial charge in [-0.1, -0.05) is 13.8 Å². The molecule has 5 fully saturated rings. The molecule has 2 unspecified atom stereocenters. The number of benzene rings is 1. The van der Waals surface area contributed by atoms with Gasteiger partial charge in [-0.25, -0.2) is 0 Å². The van der Waals surface area contributed by atoms with Gasteiger partial charge in [0, 0.05) is 25.0 Å². The third kappa shape index (κ3) is 2.17. The molecule has 0 aromatic heterocycles. The minimum absolute atomic E-state index is 0.166. The van der Waals surface area contributed by atoms with E-state index in [0.29, 0.717) is 42.0 Å². The second-order valence-corrected chi connectivity index (χ2v) is 12.7. The van der Waals surface area contributed by atoms with E-state index in [1.807, 2.05) is 39.8 Å². The lowest BCUT2D eigenvalue weighted by Gasteiger charge is -2.69. The number of piperidine rings is 2. The second kappa shape index (κ2) is 6.32. The van der Waals surface area contributed by atoms with Crippen molar-refractivity contribution >= 4 is 23.6 Å². The molecule has 1 aromatic rings. The molecule has 9 nitrogen and oxygen atoms in total. The average molecular weight is 496 g/mol. The number of ether oxygens (including phenoxy) is 2. The number of quaternary nitrogens is 1. The van der Waals surface area contributed by atoms with Gasteiger partial charge in [0.1, 0.15) is 34.7 Å². The zero-order valence-electron chi connectivity index (χ0n) is 21.3. The summed E-state index contributed by atoms with van der Waals surface area (Å²) in [4.78, 5) is 29.5. The van der Waals surface area contributed by atoms with Crippen LogP contribution >= 0.6 is 0 Å². The minimum Gasteiger partial charge on any atom is -0.629 e. The van der Waals surface area contributed by atoms with Gasteiger partial charge in [0.05, 0.1) is 11.1 Å². The summed E-state index contributed by atoms with van der Waals surface area (Å²) in [6.45, 7) is 8.32. The summed E-state index contributed by atoms with van der Waals surface area (Å²) in [5, 5.41) is 29.9. The maximum absolute atomic E-state index is 14.3. The number of piperazine rings is 1. The fourth-order valence-electron chi connectivity index (χ4n) is 8.91. The third-order valence-electron chi connectivity index (χ3n) is 10.2. The molecule has 8 rings (SSSR count). The number of aliphatic hydroxyl groups is 1. The number of hydroxylamine groups is 1. The summed E-state index contributed by atoms with van der Waals surface area (Å²) >= 11 is 0. The predicted octanol–water partition coefficient (Wildman–Crippen LogP) is 0.759. The molecular weight excluding hydrogens is 462 g/mol. The number of nitrogens with one attached hydrogen (secondary N) is 2. The number of hydrogen-bond acceptors (Lipinski definition) is 6. The molecule has 2 amide bonds. The Kier molecular flexibility index (Phi) is 3.99. The van der Waals surface area contributed by atoms with E-state index < -0.39 is 39.8 Å². The van der Waals surface area contributed by atoms with Crippen LogP contribution in [0, 0.1) is 16.5 Å². The lowest BCUT2D eigenvalue weighted by molar-refractivity contribution is -0.823. The Labute approximate surface area is 210 Å². The molecule has 7 aliphatic rings. The maximum atomic E-state index is 14.3. The molecule has 3 N–H and O–H groups in total. The van der Waals surface area contributed by atoms with Crippen LogP contribution < -0.4 is 15.1 Å². The van der Waals surface area contributed by atoms with Gasteiger partial charge in [0.15, 0.2) is 11.1 Å². The van der Waals surface area contributed by atoms with E-state index in [2.05, 4.69) is 5.32 Å². The van der Waals surface area contributed by atoms with Gasteiger partial charge in [-0.3, -0.25) is 9.59 Å². The van der Waals surface area contributed by atoms with Crippen molar-refractivity contribution in [3.63, 3.8) is 0 Å². The number of amides is 2. The highest BCUT2D eigenvalue weighted by Gasteiger charge is 2.83. The minimum atomic E-state index is -1.81. The Balaban J connectivity index is 1.49. The van der Waals surface area contributed by atoms with Crippen molar-refractivity contribution in [2.24, 2.45) is 11.3 Å². The largest absolute Gasteiger partial charge is 0.629 e. The number of carbonyl (C=O) groups is 2. The third-order valence-corrected chi connectivity index (χ3v) is 10.2. The summed E-state index contributed by atoms with van der Waals surface area (Å²) < 4.78 is 12.2. The van der Waals surface area contributed by atoms with Crippen molar-refractivity contribution in [1.29, 1.82) is 0 Å². The molecule has 1 aliphatic carbocycles. The summed E-state index contributed by atoms with van der Waals surface area (Å²) in [7, 11) is 1.45. The van der Waals surface area contributed by atoms with E-state index in [9.17, 15) is 19.9 Å². The topological polar surface area (TPSA) is 116 Å². The van der Waals surface area contributed by atoms with Crippen molar-refractivity contribution in [2.75, 3.05) is 13.7 Å². The molecule has 9 heteroatoms. The standard InChI is InChI=1S/C27H33N3O6/c1-23(2)11-9-14-16(36-23)8-7-15-18(14)30(34)19-24(3,4)17-13-25-10-6-12-29(25)22(32)26(17,28-21(25)31)20(35-5)27(15,19)33/h7-9,11,17,19-20,30,33H,6,10,12-13H2,1-5H3,(H,28,31)/t17-,19?,20-,25+,26-,27+/m1/s1. The lowest BCUT2D eigenvalue weighted by atomic mass is 9.45. The molecule has 36 heavy (non-hydrogen) atoms. The van der Waals surface area contributed by atoms with Crippen molar-refractivity contribution in [1.82, 2.24) is 10.2 Å². The molecule has 6 heterocycles. The highest BCUT2D eigenvalue weighted by molar-refractivity contribution is 6.06. The van der Waals surface area contributed by atoms with Gasteiger partial charge < -0.3 is 35.1 Å². The van der Waals surface area contributed by atoms with Crippen molar-refractivity contribution in [2.45, 2.75) is 81.4 Å². The molecule has 192 valence electrons. The molecule has 7 atom stereocenters. The van der Waals surface area contributed by atoms with E-state index >= 15 is 0 Å². The van der Waals surface area contributed by atoms with E-state index in [4.69, 9.17) is 9.47 Å². The molecule has 1 aromatic carbocycles. The van der Waals surface area contributed by atoms with Crippen LogP contribution in [0.3, 0.4) is 0 Å². The number of fused-ring (bicyclic) bond motifs is 6. The Morgan fingerprint density at radius 1 is 1.25 bits per heavy atom. The predicted molar refractivity (Wildman–Crippen MR) is 129 cm³/mol. The number of hydrogen-bond donors (Lipinski definition) is 3. The first kappa shape index (κ1) is 22.7. The van der Waals surface area contributed by atoms with Gasteiger partial charge in [-0.2, -0.15) is 0 Å². The van der Waals surface area contributed by atoms with Gasteiger partial charge in [0.2, 0.25) is 5.91 Å². The highest BCUT2D eigenvalue weighted by Crippen LogP contribution is 2.65. The second-order valence-electron chi connectivity index (χ2n) is 12.7. The van der Waals surface area contributed by atoms with Crippen LogP contribution in [0.1, 0.15) is 58.1 Å². The maximum Gasteiger partial charge on any atom is 0.252 e. The zero-order valence-corrected chi connectivity index (χ0v) is 21.3. The molecule has 0 radical (unpaired) electrons. The van der Waals surface area contributed by atoms with Crippen LogP contribution in [0.15, 0.2) is 18.2 Å². The van der Waals surface area contributed by atoms with Crippen LogP contribution in [0.4, 0.5) is 5.69 Å². The molecular formula is C27H33N3O6. The molecule has 1 saturated carbocycles. The van der Waals surface area contributed by atoms with Crippen molar-refractivity contribution in [3.8, 4) is 5.75 Å². The quantitative estimate of drug-likeness (QED) is 0.496. The Bertz CT molecular complexity index is 1270. The van der Waals surface area contributed by atoms with Gasteiger partial charge in [-0.15, -0.1) is 0 Å². The first-order chi connectivity index (χ1) is 16.9. The monoisotopic (exact) mass is 495 g/mol. The Morgan fingerprint density at radius 3 is 2.72 bits per heavy atom. The molecule has 4 saturated heterocycles. The summed E-state index contributed by atoms with van der Waals surface area (Å²) in [6, 6.07) is 2.67. The van der Waals surface area contributed by atoms with E-state index in [1.165, 1.54) is 7.11 Å². The van der Waals surface area contributed by atoms with Crippen LogP contribution in [-0.4, -0.2) is 64.3 Å². The Morgan fingerprint density at radius 2 is 2.00 bits per heavy atom. The van der Waals surface area contributed by atoms with Crippen LogP contribution in [0.25, 0.3) is 6.08 Å². The first-order valence-electron chi connectivity index (χ1n) is 12.9. The molecule has 2 bridgehead atoms. The number of methoxy groups -OCH3 is 1. The number of rotatable bonds is 1. The van der Waals surface area contributed by atoms with Crippen LogP contribution in [0.2, 0.25) is 0 Å². The van der Waals surface area contributed by atoms with Gasteiger partial charge in [-0.05, 0) is 57.4 Å². The van der Waals surface area contributed by atoms with Gasteiger partial charge >= 0.3 is 0 Å². The van der Waals surface area contributed by atoms with E-state index in [0.717, 1.165) is 6.42 Å². The fraction of sp³-hybridized carbons (Fsp3) is 0.630. The van der Waals surface area contributed by atoms with Crippen LogP contribution in [0.5, 0.6) is 5.75 Å². The zero-order chi connectivity index (χ0) is 25.6.